The molecular weight excluding hydrogens is 278 g/mol. The fraction of sp³-hybridized carbons (Fsp3) is 0.353. The standard InChI is InChI=1S/C17H17N3O2/c1-2-15(21)20-10-17(11-20)13-8-18-16(19-14(13)9-22-17)12-6-4-3-5-7-12/h3-8H,2,9-11H2,1H3. The van der Waals surface area contributed by atoms with Gasteiger partial charge in [-0.1, -0.05) is 37.3 Å². The predicted octanol–water partition coefficient (Wildman–Crippen LogP) is 2.12. The van der Waals surface area contributed by atoms with E-state index in [1.807, 2.05) is 48.4 Å². The fourth-order valence-electron chi connectivity index (χ4n) is 3.15. The summed E-state index contributed by atoms with van der Waals surface area (Å²) in [7, 11) is 0. The first-order valence-corrected chi connectivity index (χ1v) is 7.55. The average Bonchev–Trinajstić information content (AvgIpc) is 2.92. The molecule has 1 spiro atoms. The average molecular weight is 295 g/mol. The molecule has 0 atom stereocenters. The zero-order valence-corrected chi connectivity index (χ0v) is 12.5. The molecule has 1 saturated heterocycles. The van der Waals surface area contributed by atoms with E-state index in [1.54, 1.807) is 0 Å². The Hall–Kier alpha value is -2.27. The molecule has 22 heavy (non-hydrogen) atoms. The van der Waals surface area contributed by atoms with Gasteiger partial charge in [-0.05, 0) is 0 Å². The highest BCUT2D eigenvalue weighted by atomic mass is 16.5. The minimum absolute atomic E-state index is 0.171. The Morgan fingerprint density at radius 3 is 2.82 bits per heavy atom. The summed E-state index contributed by atoms with van der Waals surface area (Å²) in [6, 6.07) is 9.92. The van der Waals surface area contributed by atoms with E-state index < -0.39 is 0 Å². The molecule has 1 amide bonds. The molecule has 5 heteroatoms. The summed E-state index contributed by atoms with van der Waals surface area (Å²) < 4.78 is 5.97. The third-order valence-electron chi connectivity index (χ3n) is 4.42. The van der Waals surface area contributed by atoms with Crippen LogP contribution in [0.5, 0.6) is 0 Å². The predicted molar refractivity (Wildman–Crippen MR) is 80.8 cm³/mol. The highest BCUT2D eigenvalue weighted by Gasteiger charge is 2.52. The SMILES string of the molecule is CCC(=O)N1CC2(C1)OCc1nc(-c3ccccc3)ncc12. The number of carbonyl (C=O) groups excluding carboxylic acids is 1. The van der Waals surface area contributed by atoms with Crippen molar-refractivity contribution in [3.8, 4) is 11.4 Å². The van der Waals surface area contributed by atoms with Crippen LogP contribution in [0.1, 0.15) is 24.6 Å². The third kappa shape index (κ3) is 1.93. The molecule has 0 unspecified atom stereocenters. The topological polar surface area (TPSA) is 55.3 Å². The maximum absolute atomic E-state index is 11.7. The molecule has 2 aliphatic rings. The monoisotopic (exact) mass is 295 g/mol. The van der Waals surface area contributed by atoms with Crippen molar-refractivity contribution >= 4 is 5.91 Å². The van der Waals surface area contributed by atoms with Gasteiger partial charge in [0.15, 0.2) is 5.82 Å². The number of amides is 1. The molecule has 0 bridgehead atoms. The lowest BCUT2D eigenvalue weighted by Crippen LogP contribution is -2.61. The van der Waals surface area contributed by atoms with E-state index in [2.05, 4.69) is 9.97 Å². The van der Waals surface area contributed by atoms with E-state index in [9.17, 15) is 4.79 Å². The van der Waals surface area contributed by atoms with Gasteiger partial charge in [-0.15, -0.1) is 0 Å². The van der Waals surface area contributed by atoms with Gasteiger partial charge in [-0.25, -0.2) is 9.97 Å². The summed E-state index contributed by atoms with van der Waals surface area (Å²) in [5.41, 5.74) is 2.60. The van der Waals surface area contributed by atoms with Crippen molar-refractivity contribution in [1.82, 2.24) is 14.9 Å². The molecule has 4 rings (SSSR count). The van der Waals surface area contributed by atoms with Crippen molar-refractivity contribution in [3.63, 3.8) is 0 Å². The quantitative estimate of drug-likeness (QED) is 0.851. The van der Waals surface area contributed by atoms with Gasteiger partial charge in [-0.2, -0.15) is 0 Å². The van der Waals surface area contributed by atoms with Crippen molar-refractivity contribution < 1.29 is 9.53 Å². The summed E-state index contributed by atoms with van der Waals surface area (Å²) in [4.78, 5) is 22.7. The summed E-state index contributed by atoms with van der Waals surface area (Å²) in [6.07, 6.45) is 2.40. The Morgan fingerprint density at radius 2 is 2.09 bits per heavy atom. The molecule has 0 saturated carbocycles. The summed E-state index contributed by atoms with van der Waals surface area (Å²) >= 11 is 0. The first-order chi connectivity index (χ1) is 10.7. The minimum atomic E-state index is -0.380. The van der Waals surface area contributed by atoms with Crippen LogP contribution in [0.3, 0.4) is 0 Å². The molecule has 1 aromatic heterocycles. The molecular formula is C17H17N3O2. The zero-order valence-electron chi connectivity index (χ0n) is 12.5. The number of aromatic nitrogens is 2. The third-order valence-corrected chi connectivity index (χ3v) is 4.42. The molecule has 0 radical (unpaired) electrons. The summed E-state index contributed by atoms with van der Waals surface area (Å²) in [6.45, 7) is 3.60. The Labute approximate surface area is 129 Å². The van der Waals surface area contributed by atoms with Crippen molar-refractivity contribution in [2.24, 2.45) is 0 Å². The van der Waals surface area contributed by atoms with Crippen molar-refractivity contribution in [3.05, 3.63) is 47.8 Å². The number of hydrogen-bond acceptors (Lipinski definition) is 4. The molecule has 2 aromatic rings. The van der Waals surface area contributed by atoms with E-state index in [0.717, 1.165) is 22.6 Å². The van der Waals surface area contributed by atoms with E-state index in [1.165, 1.54) is 0 Å². The Morgan fingerprint density at radius 1 is 1.32 bits per heavy atom. The van der Waals surface area contributed by atoms with Gasteiger partial charge in [0.25, 0.3) is 0 Å². The molecule has 0 N–H and O–H groups in total. The Bertz CT molecular complexity index is 724. The van der Waals surface area contributed by atoms with Crippen LogP contribution in [-0.2, 0) is 21.7 Å². The van der Waals surface area contributed by atoms with Crippen LogP contribution in [0.15, 0.2) is 36.5 Å². The Balaban J connectivity index is 1.61. The highest BCUT2D eigenvalue weighted by molar-refractivity contribution is 5.77. The summed E-state index contributed by atoms with van der Waals surface area (Å²) in [5.74, 6) is 0.894. The van der Waals surface area contributed by atoms with Gasteiger partial charge in [0, 0.05) is 23.7 Å². The van der Waals surface area contributed by atoms with Crippen molar-refractivity contribution in [2.75, 3.05) is 13.1 Å². The van der Waals surface area contributed by atoms with Crippen LogP contribution in [0.4, 0.5) is 0 Å². The van der Waals surface area contributed by atoms with Crippen LogP contribution >= 0.6 is 0 Å². The normalized spacial score (nSPS) is 18.1. The van der Waals surface area contributed by atoms with Gasteiger partial charge < -0.3 is 9.64 Å². The second-order valence-electron chi connectivity index (χ2n) is 5.81. The molecule has 2 aliphatic heterocycles. The summed E-state index contributed by atoms with van der Waals surface area (Å²) in [5, 5.41) is 0. The first-order valence-electron chi connectivity index (χ1n) is 7.55. The minimum Gasteiger partial charge on any atom is -0.360 e. The van der Waals surface area contributed by atoms with E-state index >= 15 is 0 Å². The smallest absolute Gasteiger partial charge is 0.222 e. The van der Waals surface area contributed by atoms with Crippen LogP contribution in [0.2, 0.25) is 0 Å². The molecule has 0 aliphatic carbocycles. The lowest BCUT2D eigenvalue weighted by molar-refractivity contribution is -0.168. The number of benzene rings is 1. The number of carbonyl (C=O) groups is 1. The number of ether oxygens (including phenoxy) is 1. The lowest BCUT2D eigenvalue weighted by atomic mass is 9.87. The number of rotatable bonds is 2. The van der Waals surface area contributed by atoms with E-state index in [0.29, 0.717) is 26.1 Å². The zero-order chi connectivity index (χ0) is 15.2. The first kappa shape index (κ1) is 13.4. The van der Waals surface area contributed by atoms with Crippen LogP contribution in [0, 0.1) is 0 Å². The number of fused-ring (bicyclic) bond motifs is 2. The van der Waals surface area contributed by atoms with Gasteiger partial charge in [-0.3, -0.25) is 4.79 Å². The van der Waals surface area contributed by atoms with Gasteiger partial charge in [0.1, 0.15) is 5.60 Å². The maximum atomic E-state index is 11.7. The van der Waals surface area contributed by atoms with E-state index in [4.69, 9.17) is 4.74 Å². The van der Waals surface area contributed by atoms with Crippen LogP contribution in [-0.4, -0.2) is 33.9 Å². The molecule has 112 valence electrons. The van der Waals surface area contributed by atoms with E-state index in [-0.39, 0.29) is 11.5 Å². The largest absolute Gasteiger partial charge is 0.360 e. The molecule has 3 heterocycles. The van der Waals surface area contributed by atoms with Gasteiger partial charge in [0.2, 0.25) is 5.91 Å². The van der Waals surface area contributed by atoms with Crippen molar-refractivity contribution in [1.29, 1.82) is 0 Å². The van der Waals surface area contributed by atoms with Crippen LogP contribution < -0.4 is 0 Å². The second kappa shape index (κ2) is 4.88. The number of nitrogens with zero attached hydrogens (tertiary/aromatic N) is 3. The highest BCUT2D eigenvalue weighted by Crippen LogP contribution is 2.43. The van der Waals surface area contributed by atoms with Gasteiger partial charge >= 0.3 is 0 Å². The molecule has 1 fully saturated rings. The maximum Gasteiger partial charge on any atom is 0.222 e. The van der Waals surface area contributed by atoms with Crippen LogP contribution in [0.25, 0.3) is 11.4 Å². The van der Waals surface area contributed by atoms with Gasteiger partial charge in [0.05, 0.1) is 25.4 Å². The molecule has 1 aromatic carbocycles. The number of hydrogen-bond donors (Lipinski definition) is 0. The fourth-order valence-corrected chi connectivity index (χ4v) is 3.15. The lowest BCUT2D eigenvalue weighted by Gasteiger charge is -2.47. The number of likely N-dealkylation sites (tertiary alicyclic amines) is 1. The Kier molecular flexibility index (Phi) is 2.97. The molecule has 5 nitrogen and oxygen atoms in total. The van der Waals surface area contributed by atoms with Crippen molar-refractivity contribution in [2.45, 2.75) is 25.6 Å². The second-order valence-corrected chi connectivity index (χ2v) is 5.81.